The Hall–Kier alpha value is -4.11. The van der Waals surface area contributed by atoms with Crippen molar-refractivity contribution in [3.63, 3.8) is 0 Å². The van der Waals surface area contributed by atoms with E-state index in [0.29, 0.717) is 39.8 Å². The summed E-state index contributed by atoms with van der Waals surface area (Å²) < 4.78 is 14.4. The number of carbonyl (C=O) groups excluding carboxylic acids is 1. The second kappa shape index (κ2) is 10.7. The van der Waals surface area contributed by atoms with Gasteiger partial charge in [0.25, 0.3) is 5.91 Å². The number of methoxy groups -OCH3 is 1. The molecule has 9 heteroatoms. The van der Waals surface area contributed by atoms with Crippen LogP contribution in [0.5, 0.6) is 11.5 Å². The Labute approximate surface area is 229 Å². The Kier molecular flexibility index (Phi) is 7.20. The molecule has 1 amide bonds. The number of benzene rings is 3. The van der Waals surface area contributed by atoms with E-state index in [9.17, 15) is 4.79 Å². The Balaban J connectivity index is 1.53. The van der Waals surface area contributed by atoms with E-state index in [0.717, 1.165) is 27.9 Å². The molecular formula is C29H28BrN5O3. The van der Waals surface area contributed by atoms with Gasteiger partial charge in [0.05, 0.1) is 17.2 Å². The molecule has 1 aromatic heterocycles. The zero-order valence-corrected chi connectivity index (χ0v) is 23.2. The topological polar surface area (TPSA) is 90.3 Å². The zero-order valence-electron chi connectivity index (χ0n) is 21.6. The normalized spacial score (nSPS) is 14.5. The molecule has 1 unspecified atom stereocenters. The Morgan fingerprint density at radius 1 is 1.08 bits per heavy atom. The van der Waals surface area contributed by atoms with Gasteiger partial charge in [-0.1, -0.05) is 42.5 Å². The van der Waals surface area contributed by atoms with Gasteiger partial charge >= 0.3 is 0 Å². The monoisotopic (exact) mass is 573 g/mol. The first-order chi connectivity index (χ1) is 18.4. The maximum absolute atomic E-state index is 13.7. The number of ether oxygens (including phenoxy) is 2. The molecule has 2 N–H and O–H groups in total. The van der Waals surface area contributed by atoms with Crippen LogP contribution in [0.2, 0.25) is 0 Å². The number of rotatable bonds is 7. The molecule has 0 aliphatic carbocycles. The number of allylic oxidation sites excluding steroid dienone is 1. The van der Waals surface area contributed by atoms with Crippen LogP contribution in [0.3, 0.4) is 0 Å². The van der Waals surface area contributed by atoms with Crippen molar-refractivity contribution in [1.29, 1.82) is 0 Å². The number of hydrogen-bond acceptors (Lipinski definition) is 6. The first-order valence-electron chi connectivity index (χ1n) is 12.2. The number of fused-ring (bicyclic) bond motifs is 1. The third kappa shape index (κ3) is 4.89. The van der Waals surface area contributed by atoms with E-state index >= 15 is 0 Å². The summed E-state index contributed by atoms with van der Waals surface area (Å²) in [5.41, 5.74) is 5.97. The second-order valence-electron chi connectivity index (χ2n) is 9.11. The number of anilines is 2. The van der Waals surface area contributed by atoms with Crippen LogP contribution in [-0.2, 0) is 11.4 Å². The van der Waals surface area contributed by atoms with E-state index < -0.39 is 6.04 Å². The van der Waals surface area contributed by atoms with E-state index in [2.05, 4.69) is 49.6 Å². The van der Waals surface area contributed by atoms with E-state index in [1.165, 1.54) is 6.33 Å². The van der Waals surface area contributed by atoms with E-state index in [4.69, 9.17) is 9.47 Å². The maximum Gasteiger partial charge on any atom is 0.255 e. The molecule has 38 heavy (non-hydrogen) atoms. The quantitative estimate of drug-likeness (QED) is 0.274. The van der Waals surface area contributed by atoms with Gasteiger partial charge < -0.3 is 20.1 Å². The SMILES string of the molecule is COc1cc(C2C(C(=O)Nc3ccccc3C)=C(C)Nc3ncnn32)cc(Br)c1OCc1ccccc1C. The molecule has 0 spiro atoms. The average Bonchev–Trinajstić information content (AvgIpc) is 3.37. The molecule has 1 aliphatic heterocycles. The number of nitrogens with one attached hydrogen (secondary N) is 2. The van der Waals surface area contributed by atoms with Gasteiger partial charge in [-0.15, -0.1) is 0 Å². The fraction of sp³-hybridized carbons (Fsp3) is 0.207. The summed E-state index contributed by atoms with van der Waals surface area (Å²) in [5.74, 6) is 1.44. The smallest absolute Gasteiger partial charge is 0.255 e. The summed E-state index contributed by atoms with van der Waals surface area (Å²) in [7, 11) is 1.60. The summed E-state index contributed by atoms with van der Waals surface area (Å²) in [6.45, 7) is 6.27. The Morgan fingerprint density at radius 2 is 1.82 bits per heavy atom. The van der Waals surface area contributed by atoms with Gasteiger partial charge in [-0.25, -0.2) is 4.68 Å². The van der Waals surface area contributed by atoms with Gasteiger partial charge in [0.2, 0.25) is 5.95 Å². The molecule has 5 rings (SSSR count). The van der Waals surface area contributed by atoms with Crippen LogP contribution in [0.25, 0.3) is 0 Å². The first kappa shape index (κ1) is 25.5. The minimum absolute atomic E-state index is 0.231. The number of halogens is 1. The minimum atomic E-state index is -0.548. The molecule has 194 valence electrons. The molecule has 1 atom stereocenters. The molecule has 1 aliphatic rings. The van der Waals surface area contributed by atoms with Crippen molar-refractivity contribution < 1.29 is 14.3 Å². The van der Waals surface area contributed by atoms with Gasteiger partial charge in [-0.3, -0.25) is 4.79 Å². The summed E-state index contributed by atoms with van der Waals surface area (Å²) in [6.07, 6.45) is 1.47. The summed E-state index contributed by atoms with van der Waals surface area (Å²) >= 11 is 3.68. The van der Waals surface area contributed by atoms with Crippen molar-refractivity contribution >= 4 is 33.5 Å². The molecule has 4 aromatic rings. The van der Waals surface area contributed by atoms with Crippen molar-refractivity contribution in [3.8, 4) is 11.5 Å². The number of aryl methyl sites for hydroxylation is 2. The van der Waals surface area contributed by atoms with Crippen molar-refractivity contribution in [2.45, 2.75) is 33.4 Å². The maximum atomic E-state index is 13.7. The van der Waals surface area contributed by atoms with E-state index in [1.807, 2.05) is 68.4 Å². The van der Waals surface area contributed by atoms with Crippen LogP contribution in [0.4, 0.5) is 11.6 Å². The standard InChI is InChI=1S/C29H28BrN5O3/c1-17-9-5-7-11-20(17)15-38-27-22(30)13-21(14-24(27)37-4)26-25(19(3)33-29-31-16-32-35(26)29)28(36)34-23-12-8-6-10-18(23)2/h5-14,16,26H,15H2,1-4H3,(H,34,36)(H,31,32,33). The van der Waals surface area contributed by atoms with Gasteiger partial charge in [0.15, 0.2) is 11.5 Å². The highest BCUT2D eigenvalue weighted by atomic mass is 79.9. The van der Waals surface area contributed by atoms with Crippen LogP contribution in [0.15, 0.2) is 82.7 Å². The molecule has 0 bridgehead atoms. The summed E-state index contributed by atoms with van der Waals surface area (Å²) in [5, 5.41) is 10.7. The van der Waals surface area contributed by atoms with Crippen LogP contribution in [-0.4, -0.2) is 27.8 Å². The van der Waals surface area contributed by atoms with E-state index in [1.54, 1.807) is 11.8 Å². The van der Waals surface area contributed by atoms with Gasteiger partial charge in [-0.2, -0.15) is 10.1 Å². The summed E-state index contributed by atoms with van der Waals surface area (Å²) in [4.78, 5) is 18.0. The Morgan fingerprint density at radius 3 is 2.55 bits per heavy atom. The van der Waals surface area contributed by atoms with Crippen LogP contribution in [0.1, 0.15) is 35.2 Å². The lowest BCUT2D eigenvalue weighted by Crippen LogP contribution is -2.31. The lowest BCUT2D eigenvalue weighted by Gasteiger charge is -2.29. The number of hydrogen-bond donors (Lipinski definition) is 2. The highest BCUT2D eigenvalue weighted by Gasteiger charge is 2.34. The minimum Gasteiger partial charge on any atom is -0.493 e. The fourth-order valence-electron chi connectivity index (χ4n) is 4.56. The number of aromatic nitrogens is 3. The zero-order chi connectivity index (χ0) is 26.8. The number of nitrogens with zero attached hydrogens (tertiary/aromatic N) is 3. The molecule has 8 nitrogen and oxygen atoms in total. The third-order valence-corrected chi connectivity index (χ3v) is 7.22. The van der Waals surface area contributed by atoms with Gasteiger partial charge in [0, 0.05) is 11.4 Å². The number of amides is 1. The van der Waals surface area contributed by atoms with Crippen LogP contribution >= 0.6 is 15.9 Å². The molecule has 0 fully saturated rings. The van der Waals surface area contributed by atoms with Gasteiger partial charge in [-0.05, 0) is 77.2 Å². The lowest BCUT2D eigenvalue weighted by atomic mass is 9.94. The van der Waals surface area contributed by atoms with Crippen molar-refractivity contribution in [2.24, 2.45) is 0 Å². The van der Waals surface area contributed by atoms with Crippen molar-refractivity contribution in [1.82, 2.24) is 14.8 Å². The van der Waals surface area contributed by atoms with Crippen molar-refractivity contribution in [3.05, 3.63) is 105 Å². The number of carbonyl (C=O) groups is 1. The molecule has 3 aromatic carbocycles. The molecular weight excluding hydrogens is 546 g/mol. The molecule has 0 saturated heterocycles. The fourth-order valence-corrected chi connectivity index (χ4v) is 5.13. The predicted molar refractivity (Wildman–Crippen MR) is 150 cm³/mol. The highest BCUT2D eigenvalue weighted by molar-refractivity contribution is 9.10. The Bertz CT molecular complexity index is 1540. The average molecular weight is 574 g/mol. The van der Waals surface area contributed by atoms with Crippen molar-refractivity contribution in [2.75, 3.05) is 17.7 Å². The molecule has 2 heterocycles. The van der Waals surface area contributed by atoms with Crippen LogP contribution < -0.4 is 20.1 Å². The molecule has 0 radical (unpaired) electrons. The largest absolute Gasteiger partial charge is 0.493 e. The highest BCUT2D eigenvalue weighted by Crippen LogP contribution is 2.43. The molecule has 0 saturated carbocycles. The third-order valence-electron chi connectivity index (χ3n) is 6.63. The first-order valence-corrected chi connectivity index (χ1v) is 13.0. The second-order valence-corrected chi connectivity index (χ2v) is 9.97. The van der Waals surface area contributed by atoms with E-state index in [-0.39, 0.29) is 5.91 Å². The number of para-hydroxylation sites is 1. The lowest BCUT2D eigenvalue weighted by molar-refractivity contribution is -0.113. The van der Waals surface area contributed by atoms with Gasteiger partial charge in [0.1, 0.15) is 19.0 Å². The predicted octanol–water partition coefficient (Wildman–Crippen LogP) is 6.17. The summed E-state index contributed by atoms with van der Waals surface area (Å²) in [6, 6.07) is 19.0. The van der Waals surface area contributed by atoms with Crippen LogP contribution in [0, 0.1) is 13.8 Å².